The third kappa shape index (κ3) is 6.86. The highest BCUT2D eigenvalue weighted by Gasteiger charge is 2.18. The first-order chi connectivity index (χ1) is 21.9. The van der Waals surface area contributed by atoms with Gasteiger partial charge < -0.3 is 4.52 Å². The number of aromatic nitrogens is 6. The molecule has 0 atom stereocenters. The van der Waals surface area contributed by atoms with E-state index in [1.807, 2.05) is 79.7 Å². The van der Waals surface area contributed by atoms with Gasteiger partial charge in [0.2, 0.25) is 5.89 Å². The van der Waals surface area contributed by atoms with Gasteiger partial charge in [-0.2, -0.15) is 4.98 Å². The minimum absolute atomic E-state index is 0.115. The summed E-state index contributed by atoms with van der Waals surface area (Å²) in [5, 5.41) is 8.64. The lowest BCUT2D eigenvalue weighted by atomic mass is 9.98. The Morgan fingerprint density at radius 2 is 1.58 bits per heavy atom. The number of rotatable bonds is 11. The Hall–Kier alpha value is -5.09. The predicted octanol–water partition coefficient (Wildman–Crippen LogP) is 6.17. The first kappa shape index (κ1) is 30.0. The summed E-state index contributed by atoms with van der Waals surface area (Å²) >= 11 is 6.00. The van der Waals surface area contributed by atoms with Crippen molar-refractivity contribution >= 4 is 11.6 Å². The van der Waals surface area contributed by atoms with Crippen LogP contribution in [0.1, 0.15) is 59.7 Å². The third-order valence-electron chi connectivity index (χ3n) is 7.64. The van der Waals surface area contributed by atoms with Crippen molar-refractivity contribution in [2.75, 3.05) is 0 Å². The zero-order valence-corrected chi connectivity index (χ0v) is 25.7. The fourth-order valence-electron chi connectivity index (χ4n) is 5.28. The molecule has 6 rings (SSSR count). The number of unbranched alkanes of at least 4 members (excludes halogenated alkanes) is 1. The van der Waals surface area contributed by atoms with E-state index >= 15 is 0 Å². The maximum atomic E-state index is 14.0. The van der Waals surface area contributed by atoms with Crippen molar-refractivity contribution in [3.63, 3.8) is 0 Å². The lowest BCUT2D eigenvalue weighted by molar-refractivity contribution is 0.379. The van der Waals surface area contributed by atoms with Crippen LogP contribution in [0, 0.1) is 6.92 Å². The van der Waals surface area contributed by atoms with E-state index in [2.05, 4.69) is 27.2 Å². The second-order valence-corrected chi connectivity index (χ2v) is 11.3. The van der Waals surface area contributed by atoms with Crippen LogP contribution in [0.3, 0.4) is 0 Å². The number of halogens is 1. The Bertz CT molecular complexity index is 2040. The average Bonchev–Trinajstić information content (AvgIpc) is 3.69. The van der Waals surface area contributed by atoms with Crippen LogP contribution in [0.4, 0.5) is 0 Å². The van der Waals surface area contributed by atoms with Gasteiger partial charge in [0.1, 0.15) is 5.82 Å². The molecule has 6 aromatic rings. The summed E-state index contributed by atoms with van der Waals surface area (Å²) in [7, 11) is 0. The van der Waals surface area contributed by atoms with Gasteiger partial charge in [-0.05, 0) is 47.7 Å². The van der Waals surface area contributed by atoms with Crippen LogP contribution in [0.5, 0.6) is 0 Å². The van der Waals surface area contributed by atoms with Crippen molar-refractivity contribution < 1.29 is 9.05 Å². The summed E-state index contributed by atoms with van der Waals surface area (Å²) in [5.41, 5.74) is 5.62. The Balaban J connectivity index is 1.27. The van der Waals surface area contributed by atoms with E-state index in [0.29, 0.717) is 53.2 Å². The highest BCUT2D eigenvalue weighted by molar-refractivity contribution is 6.30. The zero-order valence-electron chi connectivity index (χ0n) is 24.9. The molecule has 0 saturated heterocycles. The zero-order chi connectivity index (χ0) is 31.3. The molecule has 3 heterocycles. The van der Waals surface area contributed by atoms with E-state index in [4.69, 9.17) is 25.6 Å². The molecule has 3 aromatic carbocycles. The topological polar surface area (TPSA) is 133 Å². The number of aromatic amines is 1. The van der Waals surface area contributed by atoms with Gasteiger partial charge in [0.05, 0.1) is 13.0 Å². The largest absolute Gasteiger partial charge is 0.439 e. The quantitative estimate of drug-likeness (QED) is 0.181. The van der Waals surface area contributed by atoms with Crippen molar-refractivity contribution in [2.45, 2.75) is 52.5 Å². The van der Waals surface area contributed by atoms with Crippen molar-refractivity contribution in [2.24, 2.45) is 0 Å². The van der Waals surface area contributed by atoms with Gasteiger partial charge in [-0.25, -0.2) is 9.78 Å². The van der Waals surface area contributed by atoms with Crippen molar-refractivity contribution in [3.8, 4) is 22.5 Å². The van der Waals surface area contributed by atoms with Crippen LogP contribution in [-0.4, -0.2) is 29.8 Å². The highest BCUT2D eigenvalue weighted by Crippen LogP contribution is 2.30. The van der Waals surface area contributed by atoms with Crippen LogP contribution >= 0.6 is 11.6 Å². The molecule has 0 radical (unpaired) electrons. The summed E-state index contributed by atoms with van der Waals surface area (Å²) in [6, 6.07) is 23.1. The van der Waals surface area contributed by atoms with E-state index in [1.54, 1.807) is 4.57 Å². The first-order valence-corrected chi connectivity index (χ1v) is 15.2. The minimum atomic E-state index is -0.608. The highest BCUT2D eigenvalue weighted by atomic mass is 35.5. The van der Waals surface area contributed by atoms with Gasteiger partial charge in [-0.3, -0.25) is 18.9 Å². The normalized spacial score (nSPS) is 11.3. The smallest absolute Gasteiger partial charge is 0.339 e. The molecule has 10 nitrogen and oxygen atoms in total. The molecular formula is C34H31ClN6O4. The molecule has 11 heteroatoms. The lowest BCUT2D eigenvalue weighted by Gasteiger charge is -2.16. The third-order valence-corrected chi connectivity index (χ3v) is 7.90. The fraction of sp³-hybridized carbons (Fsp3) is 0.235. The van der Waals surface area contributed by atoms with Crippen LogP contribution in [0.25, 0.3) is 22.5 Å². The maximum absolute atomic E-state index is 14.0. The Kier molecular flexibility index (Phi) is 8.84. The molecule has 0 amide bonds. The lowest BCUT2D eigenvalue weighted by Crippen LogP contribution is -2.30. The van der Waals surface area contributed by atoms with Crippen LogP contribution in [0.2, 0.25) is 5.02 Å². The van der Waals surface area contributed by atoms with Crippen LogP contribution < -0.4 is 11.3 Å². The minimum Gasteiger partial charge on any atom is -0.339 e. The van der Waals surface area contributed by atoms with Crippen molar-refractivity contribution in [3.05, 3.63) is 139 Å². The summed E-state index contributed by atoms with van der Waals surface area (Å²) in [4.78, 5) is 37.6. The number of nitrogens with one attached hydrogen (secondary N) is 1. The molecule has 0 saturated carbocycles. The number of aryl methyl sites for hydroxylation is 2. The van der Waals surface area contributed by atoms with E-state index in [9.17, 15) is 9.59 Å². The molecule has 0 aliphatic carbocycles. The van der Waals surface area contributed by atoms with Crippen molar-refractivity contribution in [1.82, 2.24) is 29.8 Å². The Morgan fingerprint density at radius 3 is 2.29 bits per heavy atom. The molecule has 0 fully saturated rings. The van der Waals surface area contributed by atoms with E-state index in [1.165, 1.54) is 0 Å². The van der Waals surface area contributed by atoms with E-state index < -0.39 is 5.76 Å². The fourth-order valence-corrected chi connectivity index (χ4v) is 5.40. The van der Waals surface area contributed by atoms with E-state index in [0.717, 1.165) is 46.5 Å². The van der Waals surface area contributed by atoms with E-state index in [-0.39, 0.29) is 12.0 Å². The van der Waals surface area contributed by atoms with Crippen LogP contribution in [-0.2, 0) is 25.8 Å². The summed E-state index contributed by atoms with van der Waals surface area (Å²) < 4.78 is 12.0. The number of hydrogen-bond donors (Lipinski definition) is 1. The van der Waals surface area contributed by atoms with Gasteiger partial charge in [-0.1, -0.05) is 95.9 Å². The van der Waals surface area contributed by atoms with Gasteiger partial charge in [0.15, 0.2) is 11.6 Å². The molecule has 0 bridgehead atoms. The number of nitrogens with zero attached hydrogens (tertiary/aromatic N) is 5. The number of H-pyrrole nitrogens is 1. The Morgan fingerprint density at radius 1 is 0.844 bits per heavy atom. The first-order valence-electron chi connectivity index (χ1n) is 14.8. The standard InChI is InChI=1S/C34H31ClN6O4/c1-3-4-9-30-36-21(2)28(19-31-37-29(39-44-31)18-22-12-16-25(35)17-13-22)33(42)41(30)20-23-10-14-24(15-11-23)26-7-5-6-8-27(26)32-38-34(43)45-40-32/h5-8,10-17H,3-4,9,18-20H2,1-2H3,(H,38,40,43). The molecule has 0 aliphatic heterocycles. The molecule has 3 aromatic heterocycles. The van der Waals surface area contributed by atoms with Gasteiger partial charge in [-0.15, -0.1) is 0 Å². The van der Waals surface area contributed by atoms with Crippen LogP contribution in [0.15, 0.2) is 91.4 Å². The summed E-state index contributed by atoms with van der Waals surface area (Å²) in [5.74, 6) is 1.41. The molecule has 0 spiro atoms. The van der Waals surface area contributed by atoms with Gasteiger partial charge in [0, 0.05) is 34.7 Å². The molecule has 1 N–H and O–H groups in total. The van der Waals surface area contributed by atoms with Crippen molar-refractivity contribution in [1.29, 1.82) is 0 Å². The summed E-state index contributed by atoms with van der Waals surface area (Å²) in [6.07, 6.45) is 3.29. The van der Waals surface area contributed by atoms with Gasteiger partial charge >= 0.3 is 5.76 Å². The molecule has 228 valence electrons. The second kappa shape index (κ2) is 13.3. The second-order valence-electron chi connectivity index (χ2n) is 10.9. The SMILES string of the molecule is CCCCc1nc(C)c(Cc2nc(Cc3ccc(Cl)cc3)no2)c(=O)n1Cc1ccc(-c2ccccc2-c2noc(=O)[nH]2)cc1. The monoisotopic (exact) mass is 622 g/mol. The number of benzene rings is 3. The molecule has 0 unspecified atom stereocenters. The predicted molar refractivity (Wildman–Crippen MR) is 170 cm³/mol. The average molecular weight is 623 g/mol. The molecular weight excluding hydrogens is 592 g/mol. The number of hydrogen-bond acceptors (Lipinski definition) is 8. The maximum Gasteiger partial charge on any atom is 0.439 e. The summed E-state index contributed by atoms with van der Waals surface area (Å²) in [6.45, 7) is 4.34. The Labute approximate surface area is 263 Å². The molecule has 45 heavy (non-hydrogen) atoms. The van der Waals surface area contributed by atoms with Gasteiger partial charge in [0.25, 0.3) is 5.56 Å². The molecule has 0 aliphatic rings.